The lowest BCUT2D eigenvalue weighted by atomic mass is 10.1. The zero-order valence-electron chi connectivity index (χ0n) is 20.8. The molecule has 1 atom stereocenters. The standard InChI is InChI=1S/C26H41N3O4/c1-26(2,3)33-25(30)29-16-15-28(19-21(29)18-27-13-7-8-14-27)20-11-12-23(31-4)24(17-20)32-22-9-5-6-10-22/h11-12,17,21-22H,5-10,13-16,18-19H2,1-4H3. The molecule has 1 aromatic carbocycles. The second kappa shape index (κ2) is 10.4. The fourth-order valence-corrected chi connectivity index (χ4v) is 5.21. The van der Waals surface area contributed by atoms with Gasteiger partial charge in [0.15, 0.2) is 11.5 Å². The number of carbonyl (C=O) groups excluding carboxylic acids is 1. The van der Waals surface area contributed by atoms with Crippen LogP contribution in [0.4, 0.5) is 10.5 Å². The van der Waals surface area contributed by atoms with Gasteiger partial charge in [-0.3, -0.25) is 0 Å². The van der Waals surface area contributed by atoms with Crippen LogP contribution in [0.3, 0.4) is 0 Å². The fourth-order valence-electron chi connectivity index (χ4n) is 5.21. The zero-order valence-corrected chi connectivity index (χ0v) is 20.8. The second-order valence-corrected chi connectivity index (χ2v) is 10.6. The van der Waals surface area contributed by atoms with Crippen LogP contribution in [-0.4, -0.2) is 80.0 Å². The summed E-state index contributed by atoms with van der Waals surface area (Å²) in [6.07, 6.45) is 7.24. The Morgan fingerprint density at radius 3 is 2.39 bits per heavy atom. The summed E-state index contributed by atoms with van der Waals surface area (Å²) >= 11 is 0. The van der Waals surface area contributed by atoms with E-state index in [2.05, 4.69) is 21.9 Å². The Bertz CT molecular complexity index is 797. The number of ether oxygens (including phenoxy) is 3. The third-order valence-electron chi connectivity index (χ3n) is 6.89. The number of rotatable bonds is 6. The van der Waals surface area contributed by atoms with Gasteiger partial charge in [0.05, 0.1) is 19.3 Å². The van der Waals surface area contributed by atoms with Crippen molar-refractivity contribution in [3.8, 4) is 11.5 Å². The van der Waals surface area contributed by atoms with Crippen molar-refractivity contribution in [3.63, 3.8) is 0 Å². The number of anilines is 1. The molecule has 0 N–H and O–H groups in total. The highest BCUT2D eigenvalue weighted by atomic mass is 16.6. The van der Waals surface area contributed by atoms with Crippen LogP contribution in [0.2, 0.25) is 0 Å². The van der Waals surface area contributed by atoms with Crippen LogP contribution < -0.4 is 14.4 Å². The van der Waals surface area contributed by atoms with Gasteiger partial charge in [-0.15, -0.1) is 0 Å². The molecule has 1 amide bonds. The van der Waals surface area contributed by atoms with E-state index in [4.69, 9.17) is 14.2 Å². The Labute approximate surface area is 198 Å². The first-order valence-electron chi connectivity index (χ1n) is 12.6. The highest BCUT2D eigenvalue weighted by Crippen LogP contribution is 2.36. The molecule has 0 bridgehead atoms. The van der Waals surface area contributed by atoms with E-state index in [9.17, 15) is 4.79 Å². The van der Waals surface area contributed by atoms with Crippen molar-refractivity contribution >= 4 is 11.8 Å². The predicted octanol–water partition coefficient (Wildman–Crippen LogP) is 4.54. The van der Waals surface area contributed by atoms with Gasteiger partial charge in [-0.25, -0.2) is 4.79 Å². The second-order valence-electron chi connectivity index (χ2n) is 10.6. The number of nitrogens with zero attached hydrogens (tertiary/aromatic N) is 3. The SMILES string of the molecule is COc1ccc(N2CCN(C(=O)OC(C)(C)C)C(CN3CCCC3)C2)cc1OC1CCCC1. The molecular formula is C26H41N3O4. The van der Waals surface area contributed by atoms with Crippen molar-refractivity contribution in [1.82, 2.24) is 9.80 Å². The van der Waals surface area contributed by atoms with E-state index in [1.807, 2.05) is 31.7 Å². The largest absolute Gasteiger partial charge is 0.493 e. The summed E-state index contributed by atoms with van der Waals surface area (Å²) < 4.78 is 17.7. The molecule has 7 nitrogen and oxygen atoms in total. The Morgan fingerprint density at radius 2 is 1.73 bits per heavy atom. The maximum absolute atomic E-state index is 13.0. The van der Waals surface area contributed by atoms with E-state index < -0.39 is 5.60 Å². The third-order valence-corrected chi connectivity index (χ3v) is 6.89. The molecular weight excluding hydrogens is 418 g/mol. The molecule has 2 heterocycles. The predicted molar refractivity (Wildman–Crippen MR) is 130 cm³/mol. The number of carbonyl (C=O) groups is 1. The van der Waals surface area contributed by atoms with Gasteiger partial charge in [0.25, 0.3) is 0 Å². The van der Waals surface area contributed by atoms with E-state index in [-0.39, 0.29) is 18.2 Å². The molecule has 3 aliphatic rings. The van der Waals surface area contributed by atoms with Crippen LogP contribution in [0.1, 0.15) is 59.3 Å². The van der Waals surface area contributed by atoms with Gasteiger partial charge < -0.3 is 28.9 Å². The normalized spacial score (nSPS) is 22.6. The van der Waals surface area contributed by atoms with Crippen molar-refractivity contribution in [1.29, 1.82) is 0 Å². The number of piperazine rings is 1. The molecule has 7 heteroatoms. The van der Waals surface area contributed by atoms with E-state index in [1.165, 1.54) is 25.7 Å². The molecule has 1 unspecified atom stereocenters. The van der Waals surface area contributed by atoms with Gasteiger partial charge in [-0.2, -0.15) is 0 Å². The number of hydrogen-bond acceptors (Lipinski definition) is 6. The Kier molecular flexibility index (Phi) is 7.57. The van der Waals surface area contributed by atoms with Crippen LogP contribution in [0.5, 0.6) is 11.5 Å². The number of benzene rings is 1. The van der Waals surface area contributed by atoms with Gasteiger partial charge in [0, 0.05) is 37.9 Å². The maximum Gasteiger partial charge on any atom is 0.410 e. The molecule has 2 saturated heterocycles. The molecule has 0 aromatic heterocycles. The minimum absolute atomic E-state index is 0.0907. The summed E-state index contributed by atoms with van der Waals surface area (Å²) in [5.41, 5.74) is 0.633. The van der Waals surface area contributed by atoms with E-state index in [1.54, 1.807) is 7.11 Å². The number of methoxy groups -OCH3 is 1. The highest BCUT2D eigenvalue weighted by Gasteiger charge is 2.35. The van der Waals surface area contributed by atoms with Crippen molar-refractivity contribution in [2.45, 2.75) is 77.0 Å². The summed E-state index contributed by atoms with van der Waals surface area (Å²) in [5.74, 6) is 1.61. The monoisotopic (exact) mass is 459 g/mol. The summed E-state index contributed by atoms with van der Waals surface area (Å²) in [6.45, 7) is 11.1. The van der Waals surface area contributed by atoms with Crippen LogP contribution in [0, 0.1) is 0 Å². The number of likely N-dealkylation sites (tertiary alicyclic amines) is 1. The Morgan fingerprint density at radius 1 is 1.00 bits per heavy atom. The maximum atomic E-state index is 13.0. The van der Waals surface area contributed by atoms with Crippen LogP contribution in [0.25, 0.3) is 0 Å². The third kappa shape index (κ3) is 6.25. The average Bonchev–Trinajstić information content (AvgIpc) is 3.47. The highest BCUT2D eigenvalue weighted by molar-refractivity contribution is 5.69. The molecule has 0 spiro atoms. The molecule has 1 aromatic rings. The zero-order chi connectivity index (χ0) is 23.4. The lowest BCUT2D eigenvalue weighted by molar-refractivity contribution is 0.0107. The van der Waals surface area contributed by atoms with Crippen LogP contribution >= 0.6 is 0 Å². The van der Waals surface area contributed by atoms with Gasteiger partial charge in [-0.05, 0) is 84.5 Å². The first-order valence-corrected chi connectivity index (χ1v) is 12.6. The van der Waals surface area contributed by atoms with Gasteiger partial charge in [0.1, 0.15) is 5.60 Å². The topological polar surface area (TPSA) is 54.5 Å². The smallest absolute Gasteiger partial charge is 0.410 e. The molecule has 3 fully saturated rings. The van der Waals surface area contributed by atoms with E-state index in [0.29, 0.717) is 6.54 Å². The Hall–Kier alpha value is -2.15. The van der Waals surface area contributed by atoms with Crippen LogP contribution in [-0.2, 0) is 4.74 Å². The fraction of sp³-hybridized carbons (Fsp3) is 0.731. The number of hydrogen-bond donors (Lipinski definition) is 0. The first kappa shape index (κ1) is 24.0. The lowest BCUT2D eigenvalue weighted by Gasteiger charge is -2.44. The van der Waals surface area contributed by atoms with Crippen molar-refractivity contribution in [2.24, 2.45) is 0 Å². The van der Waals surface area contributed by atoms with Gasteiger partial charge >= 0.3 is 6.09 Å². The minimum atomic E-state index is -0.491. The van der Waals surface area contributed by atoms with Crippen molar-refractivity contribution in [2.75, 3.05) is 51.3 Å². The van der Waals surface area contributed by atoms with Crippen molar-refractivity contribution in [3.05, 3.63) is 18.2 Å². The quantitative estimate of drug-likeness (QED) is 0.623. The van der Waals surface area contributed by atoms with Crippen molar-refractivity contribution < 1.29 is 19.0 Å². The summed E-state index contributed by atoms with van der Waals surface area (Å²) in [5, 5.41) is 0. The first-order chi connectivity index (χ1) is 15.8. The molecule has 33 heavy (non-hydrogen) atoms. The summed E-state index contributed by atoms with van der Waals surface area (Å²) in [6, 6.07) is 6.33. The molecule has 0 radical (unpaired) electrons. The van der Waals surface area contributed by atoms with Crippen LogP contribution in [0.15, 0.2) is 18.2 Å². The molecule has 184 valence electrons. The van der Waals surface area contributed by atoms with E-state index >= 15 is 0 Å². The van der Waals surface area contributed by atoms with E-state index in [0.717, 1.165) is 62.8 Å². The minimum Gasteiger partial charge on any atom is -0.493 e. The molecule has 4 rings (SSSR count). The Balaban J connectivity index is 1.50. The summed E-state index contributed by atoms with van der Waals surface area (Å²) in [7, 11) is 1.70. The lowest BCUT2D eigenvalue weighted by Crippen LogP contribution is -2.59. The molecule has 1 aliphatic carbocycles. The van der Waals surface area contributed by atoms with Gasteiger partial charge in [0.2, 0.25) is 0 Å². The molecule has 2 aliphatic heterocycles. The number of amides is 1. The summed E-state index contributed by atoms with van der Waals surface area (Å²) in [4.78, 5) is 19.8. The van der Waals surface area contributed by atoms with Gasteiger partial charge in [-0.1, -0.05) is 0 Å². The molecule has 1 saturated carbocycles. The average molecular weight is 460 g/mol.